The summed E-state index contributed by atoms with van der Waals surface area (Å²) < 4.78 is 16.2. The first-order valence-corrected chi connectivity index (χ1v) is 6.07. The van der Waals surface area contributed by atoms with Crippen LogP contribution in [-0.4, -0.2) is 39.1 Å². The lowest BCUT2D eigenvalue weighted by atomic mass is 10.2. The molecule has 0 amide bonds. The third kappa shape index (κ3) is 6.78. The van der Waals surface area contributed by atoms with Crippen molar-refractivity contribution >= 4 is 0 Å². The van der Waals surface area contributed by atoms with Gasteiger partial charge in [-0.15, -0.1) is 0 Å². The van der Waals surface area contributed by atoms with Crippen molar-refractivity contribution in [2.24, 2.45) is 0 Å². The first kappa shape index (κ1) is 13.4. The minimum absolute atomic E-state index is 0.413. The second-order valence-electron chi connectivity index (χ2n) is 3.91. The van der Waals surface area contributed by atoms with Crippen LogP contribution in [0.4, 0.5) is 0 Å². The number of rotatable bonds is 9. The molecular weight excluding hydrogens is 206 g/mol. The Morgan fingerprint density at radius 2 is 2.00 bits per heavy atom. The second kappa shape index (κ2) is 9.59. The summed E-state index contributed by atoms with van der Waals surface area (Å²) in [5.41, 5.74) is 0. The fraction of sp³-hybridized carbons (Fsp3) is 0.917. The molecule has 1 heterocycles. The number of hydrogen-bond donors (Lipinski definition) is 0. The van der Waals surface area contributed by atoms with Crippen LogP contribution in [0.25, 0.3) is 0 Å². The number of hydrogen-bond acceptors (Lipinski definition) is 4. The van der Waals surface area contributed by atoms with E-state index in [9.17, 15) is 0 Å². The molecule has 4 nitrogen and oxygen atoms in total. The van der Waals surface area contributed by atoms with Gasteiger partial charge in [0.1, 0.15) is 0 Å². The van der Waals surface area contributed by atoms with Gasteiger partial charge < -0.3 is 14.2 Å². The van der Waals surface area contributed by atoms with Crippen LogP contribution in [0.15, 0.2) is 0 Å². The molecule has 0 aromatic heterocycles. The predicted octanol–water partition coefficient (Wildman–Crippen LogP) is 1.89. The lowest BCUT2D eigenvalue weighted by Crippen LogP contribution is -2.11. The molecule has 0 N–H and O–H groups in total. The van der Waals surface area contributed by atoms with Gasteiger partial charge in [0.05, 0.1) is 25.4 Å². The minimum Gasteiger partial charge on any atom is -0.379 e. The molecule has 92 valence electrons. The maximum Gasteiger partial charge on any atom is 0.0700 e. The molecule has 1 saturated heterocycles. The van der Waals surface area contributed by atoms with Crippen LogP contribution in [0, 0.1) is 11.3 Å². The highest BCUT2D eigenvalue weighted by Crippen LogP contribution is 2.14. The Bertz CT molecular complexity index is 197. The largest absolute Gasteiger partial charge is 0.379 e. The van der Waals surface area contributed by atoms with E-state index in [0.717, 1.165) is 26.1 Å². The van der Waals surface area contributed by atoms with Crippen LogP contribution in [-0.2, 0) is 14.2 Å². The van der Waals surface area contributed by atoms with Gasteiger partial charge in [0.25, 0.3) is 0 Å². The molecule has 1 rings (SSSR count). The summed E-state index contributed by atoms with van der Waals surface area (Å²) in [5, 5.41) is 8.30. The van der Waals surface area contributed by atoms with E-state index >= 15 is 0 Å². The van der Waals surface area contributed by atoms with Crippen molar-refractivity contribution in [3.63, 3.8) is 0 Å². The zero-order chi connectivity index (χ0) is 11.5. The molecule has 1 unspecified atom stereocenters. The monoisotopic (exact) mass is 227 g/mol. The van der Waals surface area contributed by atoms with E-state index in [2.05, 4.69) is 6.07 Å². The summed E-state index contributed by atoms with van der Waals surface area (Å²) in [7, 11) is 0. The van der Waals surface area contributed by atoms with Crippen LogP contribution in [0.1, 0.15) is 32.1 Å². The zero-order valence-electron chi connectivity index (χ0n) is 9.82. The second-order valence-corrected chi connectivity index (χ2v) is 3.91. The van der Waals surface area contributed by atoms with Crippen molar-refractivity contribution in [3.05, 3.63) is 0 Å². The maximum atomic E-state index is 8.30. The lowest BCUT2D eigenvalue weighted by Gasteiger charge is -2.09. The predicted molar refractivity (Wildman–Crippen MR) is 60.1 cm³/mol. The van der Waals surface area contributed by atoms with Crippen LogP contribution in [0.2, 0.25) is 0 Å². The third-order valence-corrected chi connectivity index (χ3v) is 2.56. The third-order valence-electron chi connectivity index (χ3n) is 2.56. The van der Waals surface area contributed by atoms with Crippen molar-refractivity contribution in [3.8, 4) is 6.07 Å². The zero-order valence-corrected chi connectivity index (χ0v) is 9.82. The molecule has 0 bridgehead atoms. The summed E-state index contributed by atoms with van der Waals surface area (Å²) >= 11 is 0. The van der Waals surface area contributed by atoms with E-state index < -0.39 is 0 Å². The smallest absolute Gasteiger partial charge is 0.0700 e. The number of unbranched alkanes of at least 4 members (excludes halogenated alkanes) is 1. The van der Waals surface area contributed by atoms with Crippen LogP contribution < -0.4 is 0 Å². The molecule has 1 fully saturated rings. The van der Waals surface area contributed by atoms with Gasteiger partial charge in [-0.3, -0.25) is 0 Å². The highest BCUT2D eigenvalue weighted by molar-refractivity contribution is 4.67. The topological polar surface area (TPSA) is 51.5 Å². The minimum atomic E-state index is 0.413. The van der Waals surface area contributed by atoms with Gasteiger partial charge in [0.15, 0.2) is 0 Å². The van der Waals surface area contributed by atoms with Gasteiger partial charge in [-0.1, -0.05) is 0 Å². The Kier molecular flexibility index (Phi) is 8.05. The van der Waals surface area contributed by atoms with E-state index in [1.54, 1.807) is 0 Å². The fourth-order valence-corrected chi connectivity index (χ4v) is 1.66. The Balaban J connectivity index is 1.73. The van der Waals surface area contributed by atoms with Crippen LogP contribution in [0.3, 0.4) is 0 Å². The standard InChI is InChI=1S/C12H21NO3/c13-6-1-2-7-14-10-11-15-9-5-12-4-3-8-16-12/h12H,1-5,7-11H2. The summed E-state index contributed by atoms with van der Waals surface area (Å²) in [4.78, 5) is 0. The van der Waals surface area contributed by atoms with Crippen molar-refractivity contribution in [1.82, 2.24) is 0 Å². The van der Waals surface area contributed by atoms with Gasteiger partial charge in [0, 0.05) is 26.2 Å². The normalized spacial score (nSPS) is 19.8. The maximum absolute atomic E-state index is 8.30. The van der Waals surface area contributed by atoms with Gasteiger partial charge in [-0.25, -0.2) is 0 Å². The van der Waals surface area contributed by atoms with Crippen molar-refractivity contribution in [1.29, 1.82) is 5.26 Å². The molecule has 0 radical (unpaired) electrons. The van der Waals surface area contributed by atoms with Crippen molar-refractivity contribution in [2.45, 2.75) is 38.2 Å². The van der Waals surface area contributed by atoms with E-state index in [4.69, 9.17) is 19.5 Å². The van der Waals surface area contributed by atoms with Crippen LogP contribution in [0.5, 0.6) is 0 Å². The average molecular weight is 227 g/mol. The molecule has 0 aliphatic carbocycles. The molecule has 0 spiro atoms. The molecule has 0 aromatic carbocycles. The van der Waals surface area contributed by atoms with Crippen molar-refractivity contribution in [2.75, 3.05) is 33.0 Å². The Morgan fingerprint density at radius 3 is 2.69 bits per heavy atom. The summed E-state index contributed by atoms with van der Waals surface area (Å²) in [5.74, 6) is 0. The van der Waals surface area contributed by atoms with Gasteiger partial charge in [-0.05, 0) is 25.7 Å². The molecule has 4 heteroatoms. The van der Waals surface area contributed by atoms with E-state index in [1.807, 2.05) is 0 Å². The first-order chi connectivity index (χ1) is 7.93. The fourth-order valence-electron chi connectivity index (χ4n) is 1.66. The summed E-state index contributed by atoms with van der Waals surface area (Å²) in [6, 6.07) is 2.08. The van der Waals surface area contributed by atoms with E-state index in [-0.39, 0.29) is 0 Å². The Morgan fingerprint density at radius 1 is 1.19 bits per heavy atom. The summed E-state index contributed by atoms with van der Waals surface area (Å²) in [6.45, 7) is 3.58. The Labute approximate surface area is 97.5 Å². The van der Waals surface area contributed by atoms with Gasteiger partial charge in [0.2, 0.25) is 0 Å². The Hall–Kier alpha value is -0.630. The van der Waals surface area contributed by atoms with E-state index in [0.29, 0.717) is 32.3 Å². The molecule has 0 saturated carbocycles. The molecule has 1 atom stereocenters. The van der Waals surface area contributed by atoms with E-state index in [1.165, 1.54) is 12.8 Å². The molecule has 16 heavy (non-hydrogen) atoms. The molecule has 1 aliphatic rings. The van der Waals surface area contributed by atoms with Crippen LogP contribution >= 0.6 is 0 Å². The van der Waals surface area contributed by atoms with Crippen molar-refractivity contribution < 1.29 is 14.2 Å². The number of nitriles is 1. The SMILES string of the molecule is N#CCCCOCCOCCC1CCCO1. The molecule has 1 aliphatic heterocycles. The quantitative estimate of drug-likeness (QED) is 0.564. The highest BCUT2D eigenvalue weighted by Gasteiger charge is 2.14. The molecular formula is C12H21NO3. The number of ether oxygens (including phenoxy) is 3. The first-order valence-electron chi connectivity index (χ1n) is 6.07. The lowest BCUT2D eigenvalue weighted by molar-refractivity contribution is 0.0254. The van der Waals surface area contributed by atoms with Gasteiger partial charge >= 0.3 is 0 Å². The van der Waals surface area contributed by atoms with Gasteiger partial charge in [-0.2, -0.15) is 5.26 Å². The summed E-state index contributed by atoms with van der Waals surface area (Å²) in [6.07, 6.45) is 5.15. The average Bonchev–Trinajstić information content (AvgIpc) is 2.80. The highest BCUT2D eigenvalue weighted by atomic mass is 16.5. The molecule has 0 aromatic rings. The number of nitrogens with zero attached hydrogens (tertiary/aromatic N) is 1.